The van der Waals surface area contributed by atoms with E-state index >= 15 is 0 Å². The Labute approximate surface area is 112 Å². The van der Waals surface area contributed by atoms with E-state index in [2.05, 4.69) is 12.2 Å². The van der Waals surface area contributed by atoms with E-state index in [9.17, 15) is 0 Å². The van der Waals surface area contributed by atoms with Crippen molar-refractivity contribution in [1.29, 1.82) is 0 Å². The van der Waals surface area contributed by atoms with Crippen molar-refractivity contribution in [3.63, 3.8) is 0 Å². The Morgan fingerprint density at radius 2 is 1.39 bits per heavy atom. The van der Waals surface area contributed by atoms with Crippen molar-refractivity contribution in [2.45, 2.75) is 76.8 Å². The number of nitrogens with one attached hydrogen (secondary N) is 1. The third-order valence-electron chi connectivity index (χ3n) is 6.79. The summed E-state index contributed by atoms with van der Waals surface area (Å²) in [5.41, 5.74) is 0. The predicted octanol–water partition coefficient (Wildman–Crippen LogP) is 3.98. The first-order chi connectivity index (χ1) is 8.79. The summed E-state index contributed by atoms with van der Waals surface area (Å²) < 4.78 is 0. The summed E-state index contributed by atoms with van der Waals surface area (Å²) in [6, 6.07) is 1.68. The second kappa shape index (κ2) is 4.51. The van der Waals surface area contributed by atoms with Gasteiger partial charge in [-0.15, -0.1) is 0 Å². The Bertz CT molecular complexity index is 277. The van der Waals surface area contributed by atoms with E-state index in [1.807, 2.05) is 0 Å². The lowest BCUT2D eigenvalue weighted by Crippen LogP contribution is -2.57. The Balaban J connectivity index is 1.42. The summed E-state index contributed by atoms with van der Waals surface area (Å²) in [5.74, 6) is 5.32. The van der Waals surface area contributed by atoms with Crippen LogP contribution in [-0.2, 0) is 0 Å². The zero-order valence-electron chi connectivity index (χ0n) is 11.9. The molecule has 5 fully saturated rings. The molecule has 1 N–H and O–H groups in total. The second-order valence-corrected chi connectivity index (χ2v) is 7.96. The number of rotatable bonds is 3. The topological polar surface area (TPSA) is 12.0 Å². The molecule has 0 heterocycles. The van der Waals surface area contributed by atoms with Crippen LogP contribution in [-0.4, -0.2) is 12.1 Å². The highest BCUT2D eigenvalue weighted by Gasteiger charge is 2.48. The highest BCUT2D eigenvalue weighted by Crippen LogP contribution is 2.53. The van der Waals surface area contributed by atoms with Crippen molar-refractivity contribution in [2.24, 2.45) is 29.6 Å². The third kappa shape index (κ3) is 1.94. The minimum atomic E-state index is 0.787. The molecule has 0 aromatic carbocycles. The van der Waals surface area contributed by atoms with Crippen LogP contribution in [0.2, 0.25) is 0 Å². The van der Waals surface area contributed by atoms with Crippen molar-refractivity contribution in [1.82, 2.24) is 5.32 Å². The zero-order valence-corrected chi connectivity index (χ0v) is 11.9. The van der Waals surface area contributed by atoms with Crippen molar-refractivity contribution < 1.29 is 0 Å². The fraction of sp³-hybridized carbons (Fsp3) is 1.00. The fourth-order valence-electron chi connectivity index (χ4n) is 6.09. The largest absolute Gasteiger partial charge is 0.311 e. The molecule has 1 atom stereocenters. The van der Waals surface area contributed by atoms with E-state index in [4.69, 9.17) is 0 Å². The maximum absolute atomic E-state index is 4.10. The average molecular weight is 247 g/mol. The van der Waals surface area contributed by atoms with Gasteiger partial charge in [-0.1, -0.05) is 12.8 Å². The van der Waals surface area contributed by atoms with Gasteiger partial charge in [0.25, 0.3) is 0 Å². The Hall–Kier alpha value is -0.0400. The van der Waals surface area contributed by atoms with Gasteiger partial charge in [0, 0.05) is 12.1 Å². The highest BCUT2D eigenvalue weighted by atomic mass is 15.0. The quantitative estimate of drug-likeness (QED) is 0.795. The van der Waals surface area contributed by atoms with E-state index in [0.717, 1.165) is 41.7 Å². The summed E-state index contributed by atoms with van der Waals surface area (Å²) in [6.45, 7) is 2.47. The van der Waals surface area contributed by atoms with Crippen LogP contribution in [0.3, 0.4) is 0 Å². The van der Waals surface area contributed by atoms with E-state index in [0.29, 0.717) is 0 Å². The highest BCUT2D eigenvalue weighted by molar-refractivity contribution is 5.02. The molecule has 0 amide bonds. The van der Waals surface area contributed by atoms with Gasteiger partial charge in [-0.2, -0.15) is 0 Å². The van der Waals surface area contributed by atoms with Gasteiger partial charge in [-0.05, 0) is 81.5 Å². The first kappa shape index (κ1) is 11.8. The molecule has 102 valence electrons. The van der Waals surface area contributed by atoms with E-state index in [1.54, 1.807) is 32.1 Å². The molecule has 0 radical (unpaired) electrons. The molecule has 0 unspecified atom stereocenters. The van der Waals surface area contributed by atoms with Crippen molar-refractivity contribution in [2.75, 3.05) is 0 Å². The lowest BCUT2D eigenvalue weighted by Gasteiger charge is -2.55. The van der Waals surface area contributed by atoms with Crippen LogP contribution in [0, 0.1) is 29.6 Å². The van der Waals surface area contributed by atoms with Crippen LogP contribution in [0.1, 0.15) is 64.7 Å². The predicted molar refractivity (Wildman–Crippen MR) is 75.4 cm³/mol. The van der Waals surface area contributed by atoms with Gasteiger partial charge in [-0.25, -0.2) is 0 Å². The van der Waals surface area contributed by atoms with Gasteiger partial charge in [0.15, 0.2) is 0 Å². The minimum Gasteiger partial charge on any atom is -0.311 e. The molecule has 0 spiro atoms. The maximum atomic E-state index is 4.10. The van der Waals surface area contributed by atoms with Crippen LogP contribution >= 0.6 is 0 Å². The molecule has 1 nitrogen and oxygen atoms in total. The van der Waals surface area contributed by atoms with Crippen molar-refractivity contribution >= 4 is 0 Å². The molecule has 0 saturated heterocycles. The van der Waals surface area contributed by atoms with Gasteiger partial charge >= 0.3 is 0 Å². The second-order valence-electron chi connectivity index (χ2n) is 7.96. The lowest BCUT2D eigenvalue weighted by molar-refractivity contribution is -0.0193. The Morgan fingerprint density at radius 3 is 1.94 bits per heavy atom. The molecule has 0 aromatic heterocycles. The van der Waals surface area contributed by atoms with E-state index in [-0.39, 0.29) is 0 Å². The average Bonchev–Trinajstić information content (AvgIpc) is 2.86. The SMILES string of the molecule is C[C@@H](NC1C2CC3CC(C2)CC1C3)C1CCCC1. The molecule has 5 aliphatic carbocycles. The molecule has 4 bridgehead atoms. The van der Waals surface area contributed by atoms with E-state index in [1.165, 1.54) is 25.7 Å². The van der Waals surface area contributed by atoms with Crippen molar-refractivity contribution in [3.8, 4) is 0 Å². The molecule has 5 rings (SSSR count). The summed E-state index contributed by atoms with van der Waals surface area (Å²) >= 11 is 0. The summed E-state index contributed by atoms with van der Waals surface area (Å²) in [6.07, 6.45) is 13.8. The van der Waals surface area contributed by atoms with Crippen LogP contribution in [0.15, 0.2) is 0 Å². The minimum absolute atomic E-state index is 0.787. The van der Waals surface area contributed by atoms with Crippen LogP contribution in [0.5, 0.6) is 0 Å². The summed E-state index contributed by atoms with van der Waals surface area (Å²) in [4.78, 5) is 0. The van der Waals surface area contributed by atoms with Crippen molar-refractivity contribution in [3.05, 3.63) is 0 Å². The molecule has 5 aliphatic rings. The van der Waals surface area contributed by atoms with Crippen LogP contribution in [0.4, 0.5) is 0 Å². The molecular weight excluding hydrogens is 218 g/mol. The molecule has 0 aromatic rings. The van der Waals surface area contributed by atoms with Gasteiger partial charge < -0.3 is 5.32 Å². The normalized spacial score (nSPS) is 48.8. The molecular formula is C17H29N. The Kier molecular flexibility index (Phi) is 2.94. The first-order valence-electron chi connectivity index (χ1n) is 8.55. The molecule has 0 aliphatic heterocycles. The standard InChI is InChI=1S/C17H29N/c1-11(14-4-2-3-5-14)18-17-15-7-12-6-13(9-15)10-16(17)8-12/h11-18H,2-10H2,1H3/t11-,12?,13?,15?,16?,17?/m1/s1. The van der Waals surface area contributed by atoms with Crippen LogP contribution < -0.4 is 5.32 Å². The van der Waals surface area contributed by atoms with Gasteiger partial charge in [0.1, 0.15) is 0 Å². The molecule has 1 heteroatoms. The Morgan fingerprint density at radius 1 is 0.833 bits per heavy atom. The number of hydrogen-bond acceptors (Lipinski definition) is 1. The monoisotopic (exact) mass is 247 g/mol. The summed E-state index contributed by atoms with van der Waals surface area (Å²) in [7, 11) is 0. The van der Waals surface area contributed by atoms with Crippen LogP contribution in [0.25, 0.3) is 0 Å². The fourth-order valence-corrected chi connectivity index (χ4v) is 6.09. The molecule has 18 heavy (non-hydrogen) atoms. The molecule has 5 saturated carbocycles. The zero-order chi connectivity index (χ0) is 12.1. The third-order valence-corrected chi connectivity index (χ3v) is 6.79. The maximum Gasteiger partial charge on any atom is 0.0127 e. The van der Waals surface area contributed by atoms with Gasteiger partial charge in [0.2, 0.25) is 0 Å². The van der Waals surface area contributed by atoms with Gasteiger partial charge in [0.05, 0.1) is 0 Å². The summed E-state index contributed by atoms with van der Waals surface area (Å²) in [5, 5.41) is 4.10. The first-order valence-corrected chi connectivity index (χ1v) is 8.55. The van der Waals surface area contributed by atoms with Gasteiger partial charge in [-0.3, -0.25) is 0 Å². The van der Waals surface area contributed by atoms with E-state index < -0.39 is 0 Å². The lowest BCUT2D eigenvalue weighted by atomic mass is 9.54. The number of hydrogen-bond donors (Lipinski definition) is 1. The smallest absolute Gasteiger partial charge is 0.0127 e.